The van der Waals surface area contributed by atoms with Crippen LogP contribution < -0.4 is 10.1 Å². The summed E-state index contributed by atoms with van der Waals surface area (Å²) in [6.45, 7) is 4.31. The minimum atomic E-state index is -0.216. The minimum Gasteiger partial charge on any atom is -0.484 e. The number of aromatic nitrogens is 4. The molecule has 2 aromatic carbocycles. The molecular formula is C21H21N5O2S. The molecule has 4 aromatic rings. The summed E-state index contributed by atoms with van der Waals surface area (Å²) in [5.74, 6) is 0.977. The van der Waals surface area contributed by atoms with E-state index in [0.717, 1.165) is 22.0 Å². The van der Waals surface area contributed by atoms with Crippen LogP contribution in [0.25, 0.3) is 15.5 Å². The van der Waals surface area contributed by atoms with E-state index in [0.29, 0.717) is 17.4 Å². The molecule has 0 aliphatic carbocycles. The number of ether oxygens (including phenoxy) is 1. The van der Waals surface area contributed by atoms with Gasteiger partial charge < -0.3 is 10.1 Å². The van der Waals surface area contributed by atoms with E-state index >= 15 is 0 Å². The van der Waals surface area contributed by atoms with E-state index in [1.54, 1.807) is 10.8 Å². The maximum atomic E-state index is 12.3. The maximum absolute atomic E-state index is 12.3. The van der Waals surface area contributed by atoms with Gasteiger partial charge in [-0.2, -0.15) is 9.61 Å². The summed E-state index contributed by atoms with van der Waals surface area (Å²) in [5.41, 5.74) is 2.86. The molecule has 29 heavy (non-hydrogen) atoms. The molecular weight excluding hydrogens is 386 g/mol. The number of anilines is 1. The molecule has 0 bridgehead atoms. The second-order valence-electron chi connectivity index (χ2n) is 6.76. The Morgan fingerprint density at radius 3 is 2.83 bits per heavy atom. The van der Waals surface area contributed by atoms with E-state index in [1.807, 2.05) is 48.5 Å². The zero-order valence-electron chi connectivity index (χ0n) is 16.2. The van der Waals surface area contributed by atoms with Gasteiger partial charge in [-0.1, -0.05) is 49.4 Å². The summed E-state index contributed by atoms with van der Waals surface area (Å²) < 4.78 is 7.24. The quantitative estimate of drug-likeness (QED) is 0.492. The summed E-state index contributed by atoms with van der Waals surface area (Å²) in [5, 5.41) is 15.9. The predicted molar refractivity (Wildman–Crippen MR) is 113 cm³/mol. The Labute approximate surface area is 172 Å². The first-order valence-corrected chi connectivity index (χ1v) is 10.2. The average Bonchev–Trinajstić information content (AvgIpc) is 3.35. The van der Waals surface area contributed by atoms with Crippen LogP contribution in [-0.2, 0) is 4.79 Å². The lowest BCUT2D eigenvalue weighted by Gasteiger charge is -2.11. The van der Waals surface area contributed by atoms with Gasteiger partial charge in [0.15, 0.2) is 6.61 Å². The second-order valence-corrected chi connectivity index (χ2v) is 7.72. The van der Waals surface area contributed by atoms with Crippen LogP contribution in [0.5, 0.6) is 5.75 Å². The van der Waals surface area contributed by atoms with E-state index in [9.17, 15) is 4.79 Å². The van der Waals surface area contributed by atoms with Gasteiger partial charge in [0.05, 0.1) is 0 Å². The van der Waals surface area contributed by atoms with Gasteiger partial charge in [-0.05, 0) is 42.2 Å². The van der Waals surface area contributed by atoms with Crippen molar-refractivity contribution in [1.82, 2.24) is 19.8 Å². The number of benzene rings is 2. The molecule has 8 heteroatoms. The first-order valence-electron chi connectivity index (χ1n) is 9.42. The van der Waals surface area contributed by atoms with Crippen LogP contribution in [-0.4, -0.2) is 32.3 Å². The van der Waals surface area contributed by atoms with Gasteiger partial charge >= 0.3 is 0 Å². The first-order chi connectivity index (χ1) is 14.1. The van der Waals surface area contributed by atoms with Crippen LogP contribution >= 0.6 is 11.3 Å². The van der Waals surface area contributed by atoms with Crippen molar-refractivity contribution in [3.05, 3.63) is 60.4 Å². The van der Waals surface area contributed by atoms with Crippen molar-refractivity contribution < 1.29 is 9.53 Å². The third kappa shape index (κ3) is 4.43. The fourth-order valence-corrected chi connectivity index (χ4v) is 3.70. The van der Waals surface area contributed by atoms with E-state index in [2.05, 4.69) is 34.5 Å². The summed E-state index contributed by atoms with van der Waals surface area (Å²) in [7, 11) is 0. The molecule has 0 radical (unpaired) electrons. The predicted octanol–water partition coefficient (Wildman–Crippen LogP) is 4.38. The van der Waals surface area contributed by atoms with Crippen molar-refractivity contribution in [3.63, 3.8) is 0 Å². The number of carbonyl (C=O) groups is 1. The molecule has 2 heterocycles. The van der Waals surface area contributed by atoms with Gasteiger partial charge in [0.2, 0.25) is 4.96 Å². The monoisotopic (exact) mass is 407 g/mol. The number of rotatable bonds is 7. The highest BCUT2D eigenvalue weighted by atomic mass is 32.1. The van der Waals surface area contributed by atoms with Gasteiger partial charge in [0.1, 0.15) is 17.1 Å². The van der Waals surface area contributed by atoms with Gasteiger partial charge in [-0.15, -0.1) is 10.2 Å². The second kappa shape index (κ2) is 8.40. The number of hydrogen-bond acceptors (Lipinski definition) is 6. The molecule has 4 rings (SSSR count). The van der Waals surface area contributed by atoms with Crippen LogP contribution in [0.1, 0.15) is 31.7 Å². The van der Waals surface area contributed by atoms with Gasteiger partial charge in [-0.25, -0.2) is 0 Å². The summed E-state index contributed by atoms with van der Waals surface area (Å²) in [6, 6.07) is 15.4. The van der Waals surface area contributed by atoms with Gasteiger partial charge in [-0.3, -0.25) is 4.79 Å². The topological polar surface area (TPSA) is 81.4 Å². The Morgan fingerprint density at radius 1 is 1.24 bits per heavy atom. The molecule has 0 saturated carbocycles. The van der Waals surface area contributed by atoms with E-state index in [1.165, 1.54) is 16.9 Å². The van der Waals surface area contributed by atoms with Crippen molar-refractivity contribution in [2.24, 2.45) is 0 Å². The van der Waals surface area contributed by atoms with Crippen LogP contribution in [0.15, 0.2) is 54.9 Å². The van der Waals surface area contributed by atoms with Crippen molar-refractivity contribution in [3.8, 4) is 16.3 Å². The smallest absolute Gasteiger partial charge is 0.262 e. The number of amides is 1. The van der Waals surface area contributed by atoms with Crippen LogP contribution in [0.3, 0.4) is 0 Å². The van der Waals surface area contributed by atoms with E-state index < -0.39 is 0 Å². The summed E-state index contributed by atoms with van der Waals surface area (Å²) >= 11 is 1.44. The fraction of sp³-hybridized carbons (Fsp3) is 0.238. The van der Waals surface area contributed by atoms with E-state index in [-0.39, 0.29) is 12.5 Å². The number of hydrogen-bond donors (Lipinski definition) is 1. The molecule has 0 fully saturated rings. The Hall–Kier alpha value is -3.26. The first kappa shape index (κ1) is 19.1. The lowest BCUT2D eigenvalue weighted by molar-refractivity contribution is -0.118. The van der Waals surface area contributed by atoms with Crippen molar-refractivity contribution >= 4 is 27.9 Å². The van der Waals surface area contributed by atoms with Gasteiger partial charge in [0, 0.05) is 11.3 Å². The zero-order valence-corrected chi connectivity index (χ0v) is 17.0. The molecule has 1 amide bonds. The SMILES string of the molecule is CCC(C)c1ccc(OCC(=O)Nc2cccc(-c3nn4cnnc4s3)c2)cc1. The van der Waals surface area contributed by atoms with Crippen molar-refractivity contribution in [2.45, 2.75) is 26.2 Å². The number of nitrogens with zero attached hydrogens (tertiary/aromatic N) is 4. The molecule has 148 valence electrons. The molecule has 1 unspecified atom stereocenters. The Morgan fingerprint density at radius 2 is 2.07 bits per heavy atom. The minimum absolute atomic E-state index is 0.0519. The lowest BCUT2D eigenvalue weighted by Crippen LogP contribution is -2.20. The van der Waals surface area contributed by atoms with Gasteiger partial charge in [0.25, 0.3) is 5.91 Å². The number of nitrogens with one attached hydrogen (secondary N) is 1. The van der Waals surface area contributed by atoms with Crippen molar-refractivity contribution in [1.29, 1.82) is 0 Å². The van der Waals surface area contributed by atoms with E-state index in [4.69, 9.17) is 4.74 Å². The standard InChI is InChI=1S/C21H21N5O2S/c1-3-14(2)15-7-9-18(10-8-15)28-12-19(27)23-17-6-4-5-16(11-17)20-25-26-13-22-24-21(26)29-20/h4-11,13-14H,3,12H2,1-2H3,(H,23,27). The van der Waals surface area contributed by atoms with Crippen molar-refractivity contribution in [2.75, 3.05) is 11.9 Å². The maximum Gasteiger partial charge on any atom is 0.262 e. The molecule has 1 atom stereocenters. The molecule has 0 aliphatic heterocycles. The molecule has 1 N–H and O–H groups in total. The number of carbonyl (C=O) groups excluding carboxylic acids is 1. The highest BCUT2D eigenvalue weighted by molar-refractivity contribution is 7.19. The molecule has 0 saturated heterocycles. The third-order valence-electron chi connectivity index (χ3n) is 4.71. The highest BCUT2D eigenvalue weighted by Crippen LogP contribution is 2.27. The zero-order chi connectivity index (χ0) is 20.2. The Bertz CT molecular complexity index is 1090. The summed E-state index contributed by atoms with van der Waals surface area (Å²) in [6.07, 6.45) is 2.65. The molecule has 2 aromatic heterocycles. The third-order valence-corrected chi connectivity index (χ3v) is 5.67. The number of fused-ring (bicyclic) bond motifs is 1. The Balaban J connectivity index is 1.36. The highest BCUT2D eigenvalue weighted by Gasteiger charge is 2.10. The molecule has 0 spiro atoms. The lowest BCUT2D eigenvalue weighted by atomic mass is 9.99. The molecule has 7 nitrogen and oxygen atoms in total. The largest absolute Gasteiger partial charge is 0.484 e. The normalized spacial score (nSPS) is 12.1. The average molecular weight is 407 g/mol. The van der Waals surface area contributed by atoms with Crippen LogP contribution in [0.2, 0.25) is 0 Å². The van der Waals surface area contributed by atoms with Crippen LogP contribution in [0, 0.1) is 0 Å². The fourth-order valence-electron chi connectivity index (χ4n) is 2.88. The van der Waals surface area contributed by atoms with Crippen LogP contribution in [0.4, 0.5) is 5.69 Å². The Kier molecular flexibility index (Phi) is 5.53. The molecule has 0 aliphatic rings. The summed E-state index contributed by atoms with van der Waals surface area (Å²) in [4.78, 5) is 13.0.